The van der Waals surface area contributed by atoms with Crippen molar-refractivity contribution < 1.29 is 9.84 Å². The normalized spacial score (nSPS) is 17.4. The number of hydrogen-bond acceptors (Lipinski definition) is 3. The molecule has 114 valence electrons. The smallest absolute Gasteiger partial charge is 0.0898 e. The van der Waals surface area contributed by atoms with Gasteiger partial charge in [-0.2, -0.15) is 0 Å². The summed E-state index contributed by atoms with van der Waals surface area (Å²) in [5.41, 5.74) is 1.14. The Morgan fingerprint density at radius 2 is 1.80 bits per heavy atom. The molecule has 0 fully saturated rings. The molecule has 1 aromatic carbocycles. The Kier molecular flexibility index (Phi) is 7.82. The van der Waals surface area contributed by atoms with Crippen molar-refractivity contribution in [2.45, 2.75) is 52.4 Å². The SMILES string of the molecule is CCC(C)C(C)NCC(O)COC(C)c1ccccc1. The second-order valence-corrected chi connectivity index (χ2v) is 5.62. The van der Waals surface area contributed by atoms with Crippen LogP contribution in [0.3, 0.4) is 0 Å². The van der Waals surface area contributed by atoms with Crippen LogP contribution in [0, 0.1) is 5.92 Å². The van der Waals surface area contributed by atoms with Gasteiger partial charge < -0.3 is 15.2 Å². The van der Waals surface area contributed by atoms with Crippen LogP contribution in [-0.4, -0.2) is 30.4 Å². The third-order valence-electron chi connectivity index (χ3n) is 3.98. The summed E-state index contributed by atoms with van der Waals surface area (Å²) in [5, 5.41) is 13.3. The Labute approximate surface area is 123 Å². The minimum atomic E-state index is -0.465. The summed E-state index contributed by atoms with van der Waals surface area (Å²) >= 11 is 0. The Bertz CT molecular complexity index is 355. The fourth-order valence-corrected chi connectivity index (χ4v) is 2.01. The van der Waals surface area contributed by atoms with E-state index in [4.69, 9.17) is 4.74 Å². The van der Waals surface area contributed by atoms with Crippen molar-refractivity contribution >= 4 is 0 Å². The highest BCUT2D eigenvalue weighted by atomic mass is 16.5. The number of nitrogens with one attached hydrogen (secondary N) is 1. The van der Waals surface area contributed by atoms with E-state index in [0.717, 1.165) is 12.0 Å². The van der Waals surface area contributed by atoms with Crippen molar-refractivity contribution in [3.8, 4) is 0 Å². The van der Waals surface area contributed by atoms with Crippen molar-refractivity contribution in [3.05, 3.63) is 35.9 Å². The molecule has 0 bridgehead atoms. The van der Waals surface area contributed by atoms with Crippen LogP contribution in [0.15, 0.2) is 30.3 Å². The molecule has 4 unspecified atom stereocenters. The molecule has 1 rings (SSSR count). The monoisotopic (exact) mass is 279 g/mol. The highest BCUT2D eigenvalue weighted by Crippen LogP contribution is 2.16. The fourth-order valence-electron chi connectivity index (χ4n) is 2.01. The summed E-state index contributed by atoms with van der Waals surface area (Å²) in [4.78, 5) is 0. The summed E-state index contributed by atoms with van der Waals surface area (Å²) in [6, 6.07) is 10.5. The van der Waals surface area contributed by atoms with Crippen molar-refractivity contribution in [2.75, 3.05) is 13.2 Å². The lowest BCUT2D eigenvalue weighted by Gasteiger charge is -2.22. The molecule has 4 atom stereocenters. The van der Waals surface area contributed by atoms with Crippen LogP contribution in [-0.2, 0) is 4.74 Å². The number of hydrogen-bond donors (Lipinski definition) is 2. The van der Waals surface area contributed by atoms with E-state index in [9.17, 15) is 5.11 Å². The second kappa shape index (κ2) is 9.11. The molecule has 3 heteroatoms. The predicted octanol–water partition coefficient (Wildman–Crippen LogP) is 3.15. The minimum absolute atomic E-state index is 0.0119. The fraction of sp³-hybridized carbons (Fsp3) is 0.647. The largest absolute Gasteiger partial charge is 0.389 e. The molecule has 3 nitrogen and oxygen atoms in total. The standard InChI is InChI=1S/C17H29NO2/c1-5-13(2)14(3)18-11-17(19)12-20-15(4)16-9-7-6-8-10-16/h6-10,13-15,17-19H,5,11-12H2,1-4H3. The number of aliphatic hydroxyl groups excluding tert-OH is 1. The molecule has 0 spiro atoms. The topological polar surface area (TPSA) is 41.5 Å². The number of aliphatic hydroxyl groups is 1. The molecule has 0 amide bonds. The molecule has 0 heterocycles. The van der Waals surface area contributed by atoms with Crippen molar-refractivity contribution in [1.82, 2.24) is 5.32 Å². The highest BCUT2D eigenvalue weighted by Gasteiger charge is 2.13. The zero-order valence-electron chi connectivity index (χ0n) is 13.2. The maximum Gasteiger partial charge on any atom is 0.0898 e. The molecule has 0 saturated carbocycles. The van der Waals surface area contributed by atoms with Crippen molar-refractivity contribution in [3.63, 3.8) is 0 Å². The van der Waals surface area contributed by atoms with Crippen molar-refractivity contribution in [1.29, 1.82) is 0 Å². The first-order valence-electron chi connectivity index (χ1n) is 7.62. The van der Waals surface area contributed by atoms with Crippen LogP contribution >= 0.6 is 0 Å². The quantitative estimate of drug-likeness (QED) is 0.729. The summed E-state index contributed by atoms with van der Waals surface area (Å²) in [6.45, 7) is 9.51. The van der Waals surface area contributed by atoms with Gasteiger partial charge in [0, 0.05) is 12.6 Å². The Balaban J connectivity index is 2.24. The van der Waals surface area contributed by atoms with Crippen LogP contribution in [0.1, 0.15) is 45.8 Å². The summed E-state index contributed by atoms with van der Waals surface area (Å²) in [5.74, 6) is 0.617. The number of benzene rings is 1. The molecule has 0 aliphatic heterocycles. The zero-order valence-corrected chi connectivity index (χ0v) is 13.2. The molecule has 20 heavy (non-hydrogen) atoms. The maximum atomic E-state index is 9.96. The molecular formula is C17H29NO2. The van der Waals surface area contributed by atoms with E-state index in [1.165, 1.54) is 0 Å². The van der Waals surface area contributed by atoms with E-state index in [2.05, 4.69) is 26.1 Å². The van der Waals surface area contributed by atoms with Gasteiger partial charge in [-0.05, 0) is 25.3 Å². The third kappa shape index (κ3) is 6.04. The van der Waals surface area contributed by atoms with Gasteiger partial charge in [-0.25, -0.2) is 0 Å². The summed E-state index contributed by atoms with van der Waals surface area (Å²) < 4.78 is 5.72. The van der Waals surface area contributed by atoms with Crippen LogP contribution in [0.25, 0.3) is 0 Å². The Morgan fingerprint density at radius 3 is 2.40 bits per heavy atom. The van der Waals surface area contributed by atoms with Gasteiger partial charge in [0.15, 0.2) is 0 Å². The van der Waals surface area contributed by atoms with Crippen LogP contribution < -0.4 is 5.32 Å². The van der Waals surface area contributed by atoms with Gasteiger partial charge in [0.1, 0.15) is 0 Å². The highest BCUT2D eigenvalue weighted by molar-refractivity contribution is 5.16. The maximum absolute atomic E-state index is 9.96. The lowest BCUT2D eigenvalue weighted by atomic mass is 10.0. The summed E-state index contributed by atoms with van der Waals surface area (Å²) in [7, 11) is 0. The van der Waals surface area contributed by atoms with E-state index in [-0.39, 0.29) is 6.10 Å². The van der Waals surface area contributed by atoms with Crippen LogP contribution in [0.4, 0.5) is 0 Å². The van der Waals surface area contributed by atoms with E-state index < -0.39 is 6.10 Å². The minimum Gasteiger partial charge on any atom is -0.389 e. The first kappa shape index (κ1) is 17.2. The molecule has 0 saturated heterocycles. The Hall–Kier alpha value is -0.900. The second-order valence-electron chi connectivity index (χ2n) is 5.62. The number of ether oxygens (including phenoxy) is 1. The average molecular weight is 279 g/mol. The first-order valence-corrected chi connectivity index (χ1v) is 7.62. The third-order valence-corrected chi connectivity index (χ3v) is 3.98. The van der Waals surface area contributed by atoms with Gasteiger partial charge in [-0.1, -0.05) is 50.6 Å². The lowest BCUT2D eigenvalue weighted by molar-refractivity contribution is -0.00325. The van der Waals surface area contributed by atoms with E-state index in [0.29, 0.717) is 25.1 Å². The van der Waals surface area contributed by atoms with Gasteiger partial charge in [0.2, 0.25) is 0 Å². The van der Waals surface area contributed by atoms with Gasteiger partial charge in [0.05, 0.1) is 18.8 Å². The molecule has 0 aliphatic carbocycles. The van der Waals surface area contributed by atoms with Gasteiger partial charge in [-0.3, -0.25) is 0 Å². The zero-order chi connectivity index (χ0) is 15.0. The molecule has 2 N–H and O–H groups in total. The van der Waals surface area contributed by atoms with E-state index >= 15 is 0 Å². The predicted molar refractivity (Wildman–Crippen MR) is 83.7 cm³/mol. The molecule has 0 aliphatic rings. The van der Waals surface area contributed by atoms with E-state index in [1.54, 1.807) is 0 Å². The summed E-state index contributed by atoms with van der Waals surface area (Å²) in [6.07, 6.45) is 0.691. The molecule has 0 aromatic heterocycles. The van der Waals surface area contributed by atoms with Crippen LogP contribution in [0.5, 0.6) is 0 Å². The number of rotatable bonds is 9. The van der Waals surface area contributed by atoms with Gasteiger partial charge >= 0.3 is 0 Å². The average Bonchev–Trinajstić information content (AvgIpc) is 2.50. The Morgan fingerprint density at radius 1 is 1.15 bits per heavy atom. The van der Waals surface area contributed by atoms with Crippen molar-refractivity contribution in [2.24, 2.45) is 5.92 Å². The molecule has 0 radical (unpaired) electrons. The van der Waals surface area contributed by atoms with Crippen LogP contribution in [0.2, 0.25) is 0 Å². The lowest BCUT2D eigenvalue weighted by Crippen LogP contribution is -2.39. The molecule has 1 aromatic rings. The van der Waals surface area contributed by atoms with Gasteiger partial charge in [0.25, 0.3) is 0 Å². The molecular weight excluding hydrogens is 250 g/mol. The van der Waals surface area contributed by atoms with E-state index in [1.807, 2.05) is 37.3 Å². The first-order chi connectivity index (χ1) is 9.54. The van der Waals surface area contributed by atoms with Gasteiger partial charge in [-0.15, -0.1) is 0 Å².